The molecule has 0 aliphatic heterocycles. The van der Waals surface area contributed by atoms with Gasteiger partial charge in [-0.3, -0.25) is 20.4 Å². The Morgan fingerprint density at radius 1 is 0.714 bits per heavy atom. The molecular formula is C17H32IrO3-4. The fourth-order valence-electron chi connectivity index (χ4n) is 3.24. The fraction of sp³-hybridized carbons (Fsp3) is 0.765. The summed E-state index contributed by atoms with van der Waals surface area (Å²) in [5.41, 5.74) is 1.03. The Kier molecular flexibility index (Phi) is 22.6. The molecule has 1 radical (unpaired) electrons. The first-order valence-corrected chi connectivity index (χ1v) is 6.40. The molecule has 0 N–H and O–H groups in total. The van der Waals surface area contributed by atoms with Gasteiger partial charge in [-0.2, -0.15) is 0 Å². The Labute approximate surface area is 146 Å². The van der Waals surface area contributed by atoms with Crippen LogP contribution in [0.5, 0.6) is 0 Å². The van der Waals surface area contributed by atoms with Crippen molar-refractivity contribution < 1.29 is 34.5 Å². The van der Waals surface area contributed by atoms with Gasteiger partial charge in [0.1, 0.15) is 0 Å². The van der Waals surface area contributed by atoms with E-state index in [1.165, 1.54) is 6.42 Å². The third-order valence-corrected chi connectivity index (χ3v) is 3.64. The van der Waals surface area contributed by atoms with Gasteiger partial charge in [0.05, 0.1) is 0 Å². The van der Waals surface area contributed by atoms with Crippen LogP contribution in [0.15, 0.2) is 0 Å². The van der Waals surface area contributed by atoms with E-state index in [4.69, 9.17) is 14.4 Å². The van der Waals surface area contributed by atoms with Crippen LogP contribution < -0.4 is 0 Å². The van der Waals surface area contributed by atoms with E-state index in [1.807, 2.05) is 0 Å². The summed E-state index contributed by atoms with van der Waals surface area (Å²) in [7, 11) is 0. The molecule has 0 heterocycles. The van der Waals surface area contributed by atoms with E-state index in [0.29, 0.717) is 10.8 Å². The molecule has 0 saturated heterocycles. The zero-order valence-electron chi connectivity index (χ0n) is 14.7. The van der Waals surface area contributed by atoms with Gasteiger partial charge >= 0.3 is 0 Å². The van der Waals surface area contributed by atoms with Crippen LogP contribution in [-0.2, 0) is 34.5 Å². The third-order valence-electron chi connectivity index (χ3n) is 3.64. The zero-order valence-corrected chi connectivity index (χ0v) is 17.1. The molecular weight excluding hydrogens is 444 g/mol. The van der Waals surface area contributed by atoms with Gasteiger partial charge in [-0.25, -0.2) is 0 Å². The second-order valence-electron chi connectivity index (χ2n) is 6.86. The van der Waals surface area contributed by atoms with Gasteiger partial charge in [-0.05, 0) is 28.6 Å². The van der Waals surface area contributed by atoms with E-state index in [2.05, 4.69) is 68.8 Å². The summed E-state index contributed by atoms with van der Waals surface area (Å²) in [5.74, 6) is 2.90. The molecule has 0 aromatic carbocycles. The van der Waals surface area contributed by atoms with Crippen molar-refractivity contribution in [1.29, 1.82) is 0 Å². The van der Waals surface area contributed by atoms with Crippen molar-refractivity contribution in [2.45, 2.75) is 54.9 Å². The van der Waals surface area contributed by atoms with Crippen molar-refractivity contribution in [3.05, 3.63) is 7.43 Å². The average Bonchev–Trinajstić information content (AvgIpc) is 3.11. The maximum atomic E-state index is 7.75. The number of carbonyl (C=O) groups excluding carboxylic acids is 3. The smallest absolute Gasteiger partial charge is 0 e. The first-order chi connectivity index (χ1) is 8.69. The molecule has 1 rings (SSSR count). The summed E-state index contributed by atoms with van der Waals surface area (Å²) in [6, 6.07) is 0. The van der Waals surface area contributed by atoms with Gasteiger partial charge in [0, 0.05) is 20.1 Å². The fourth-order valence-corrected chi connectivity index (χ4v) is 3.24. The van der Waals surface area contributed by atoms with Crippen LogP contribution in [0, 0.1) is 36.0 Å². The summed E-state index contributed by atoms with van der Waals surface area (Å²) >= 11 is 0. The number of hydrogen-bond donors (Lipinski definition) is 0. The quantitative estimate of drug-likeness (QED) is 0.425. The molecule has 1 fully saturated rings. The van der Waals surface area contributed by atoms with Crippen molar-refractivity contribution in [1.82, 2.24) is 0 Å². The largest absolute Gasteiger partial charge is 0.545 e. The summed E-state index contributed by atoms with van der Waals surface area (Å²) in [6.07, 6.45) is 1.36. The van der Waals surface area contributed by atoms with Crippen LogP contribution >= 0.6 is 0 Å². The third kappa shape index (κ3) is 11.0. The van der Waals surface area contributed by atoms with E-state index < -0.39 is 0 Å². The molecule has 0 spiro atoms. The van der Waals surface area contributed by atoms with E-state index >= 15 is 0 Å². The summed E-state index contributed by atoms with van der Waals surface area (Å²) < 4.78 is 0. The summed E-state index contributed by atoms with van der Waals surface area (Å²) in [5, 5.41) is 0. The molecule has 3 nitrogen and oxygen atoms in total. The van der Waals surface area contributed by atoms with Crippen LogP contribution in [0.25, 0.3) is 0 Å². The molecule has 21 heavy (non-hydrogen) atoms. The average molecular weight is 477 g/mol. The Balaban J connectivity index is -0.0000000951. The van der Waals surface area contributed by atoms with Crippen molar-refractivity contribution in [2.75, 3.05) is 0 Å². The van der Waals surface area contributed by atoms with Crippen LogP contribution in [0.1, 0.15) is 54.9 Å². The van der Waals surface area contributed by atoms with Gasteiger partial charge in [0.15, 0.2) is 0 Å². The van der Waals surface area contributed by atoms with Gasteiger partial charge in [-0.1, -0.05) is 54.9 Å². The van der Waals surface area contributed by atoms with Gasteiger partial charge in [0.2, 0.25) is 0 Å². The summed E-state index contributed by atoms with van der Waals surface area (Å²) in [6.45, 7) is 26.5. The zero-order chi connectivity index (χ0) is 16.4. The SMILES string of the molecule is CCC1C(C(C)(C)C)C1C(C)(C)C.[CH-]=O.[CH-]=O.[CH-]=O.[CH3-].[Ir]. The molecule has 2 unspecified atom stereocenters. The minimum Gasteiger partial charge on any atom is -0.545 e. The van der Waals surface area contributed by atoms with E-state index in [1.54, 1.807) is 0 Å². The number of hydrogen-bond acceptors (Lipinski definition) is 3. The normalized spacial score (nSPS) is 22.1. The summed E-state index contributed by atoms with van der Waals surface area (Å²) in [4.78, 5) is 23.2. The molecule has 0 aromatic rings. The minimum atomic E-state index is 0. The molecule has 0 amide bonds. The van der Waals surface area contributed by atoms with Crippen LogP contribution in [0.4, 0.5) is 0 Å². The molecule has 0 bridgehead atoms. The number of rotatable bonds is 1. The standard InChI is InChI=1S/C13H26.3CHO.CH3.Ir/c1-8-9-10(12(2,3)4)11(9)13(5,6)7;3*1-2;;/h9-11H,8H2,1-7H3;3*1H;1H3;/q;4*-1;. The van der Waals surface area contributed by atoms with Crippen molar-refractivity contribution in [2.24, 2.45) is 28.6 Å². The van der Waals surface area contributed by atoms with Crippen LogP contribution in [0.2, 0.25) is 0 Å². The van der Waals surface area contributed by atoms with Crippen molar-refractivity contribution in [3.63, 3.8) is 0 Å². The minimum absolute atomic E-state index is 0. The molecule has 4 heteroatoms. The Morgan fingerprint density at radius 2 is 0.905 bits per heavy atom. The topological polar surface area (TPSA) is 51.2 Å². The van der Waals surface area contributed by atoms with Crippen molar-refractivity contribution in [3.8, 4) is 0 Å². The Morgan fingerprint density at radius 3 is 0.952 bits per heavy atom. The van der Waals surface area contributed by atoms with Gasteiger partial charge < -0.3 is 21.8 Å². The molecule has 0 aromatic heterocycles. The molecule has 131 valence electrons. The first kappa shape index (κ1) is 32.6. The first-order valence-electron chi connectivity index (χ1n) is 6.40. The van der Waals surface area contributed by atoms with Gasteiger partial charge in [0.25, 0.3) is 0 Å². The molecule has 1 aliphatic carbocycles. The second-order valence-corrected chi connectivity index (χ2v) is 6.86. The molecule has 2 atom stereocenters. The second kappa shape index (κ2) is 14.6. The monoisotopic (exact) mass is 477 g/mol. The Hall–Kier alpha value is -0.341. The Bertz CT molecular complexity index is 206. The molecule has 1 saturated carbocycles. The van der Waals surface area contributed by atoms with E-state index in [0.717, 1.165) is 17.8 Å². The predicted molar refractivity (Wildman–Crippen MR) is 86.3 cm³/mol. The predicted octanol–water partition coefficient (Wildman–Crippen LogP) is 3.98. The van der Waals surface area contributed by atoms with Crippen molar-refractivity contribution >= 4 is 20.4 Å². The molecule has 1 aliphatic rings. The van der Waals surface area contributed by atoms with E-state index in [9.17, 15) is 0 Å². The maximum absolute atomic E-state index is 7.75. The van der Waals surface area contributed by atoms with Crippen LogP contribution in [0.3, 0.4) is 0 Å². The van der Waals surface area contributed by atoms with E-state index in [-0.39, 0.29) is 27.5 Å². The van der Waals surface area contributed by atoms with Crippen LogP contribution in [-0.4, -0.2) is 20.4 Å². The maximum Gasteiger partial charge on any atom is 0 e. The van der Waals surface area contributed by atoms with Gasteiger partial charge in [-0.15, -0.1) is 0 Å².